The summed E-state index contributed by atoms with van der Waals surface area (Å²) in [6.45, 7) is 0. The zero-order chi connectivity index (χ0) is 11.1. The molecule has 0 saturated carbocycles. The van der Waals surface area contributed by atoms with Gasteiger partial charge in [-0.2, -0.15) is 5.10 Å². The molecule has 80 valence electrons. The second kappa shape index (κ2) is 3.28. The quantitative estimate of drug-likeness (QED) is 0.702. The van der Waals surface area contributed by atoms with Crippen molar-refractivity contribution in [2.75, 3.05) is 5.73 Å². The van der Waals surface area contributed by atoms with E-state index in [2.05, 4.69) is 10.1 Å². The third-order valence-corrected chi connectivity index (χ3v) is 3.10. The van der Waals surface area contributed by atoms with Gasteiger partial charge in [-0.05, 0) is 12.1 Å². The molecule has 2 heterocycles. The Morgan fingerprint density at radius 3 is 3.00 bits per heavy atom. The van der Waals surface area contributed by atoms with Crippen molar-refractivity contribution in [1.82, 2.24) is 14.6 Å². The van der Waals surface area contributed by atoms with Gasteiger partial charge in [0.2, 0.25) is 4.96 Å². The van der Waals surface area contributed by atoms with Crippen molar-refractivity contribution in [2.24, 2.45) is 0 Å². The van der Waals surface area contributed by atoms with E-state index in [1.54, 1.807) is 16.8 Å². The number of benzene rings is 1. The van der Waals surface area contributed by atoms with Crippen molar-refractivity contribution in [3.8, 4) is 10.6 Å². The summed E-state index contributed by atoms with van der Waals surface area (Å²) in [6.07, 6.45) is 1.63. The number of aromatic nitrogens is 3. The molecule has 0 aliphatic carbocycles. The third kappa shape index (κ3) is 1.43. The Hall–Kier alpha value is -1.95. The number of anilines is 1. The van der Waals surface area contributed by atoms with Gasteiger partial charge < -0.3 is 5.73 Å². The molecule has 6 heteroatoms. The molecular weight excluding hydrogens is 227 g/mol. The predicted molar refractivity (Wildman–Crippen MR) is 60.7 cm³/mol. The molecule has 0 radical (unpaired) electrons. The summed E-state index contributed by atoms with van der Waals surface area (Å²) < 4.78 is 14.6. The number of hydrogen-bond acceptors (Lipinski definition) is 4. The van der Waals surface area contributed by atoms with Crippen LogP contribution in [0.15, 0.2) is 30.5 Å². The fraction of sp³-hybridized carbons (Fsp3) is 0. The monoisotopic (exact) mass is 234 g/mol. The molecule has 1 aromatic carbocycles. The molecule has 0 saturated heterocycles. The molecule has 0 bridgehead atoms. The Kier molecular flexibility index (Phi) is 1.90. The first-order chi connectivity index (χ1) is 7.72. The summed E-state index contributed by atoms with van der Waals surface area (Å²) in [4.78, 5) is 4.79. The topological polar surface area (TPSA) is 56.2 Å². The fourth-order valence-electron chi connectivity index (χ4n) is 1.46. The molecule has 16 heavy (non-hydrogen) atoms. The highest BCUT2D eigenvalue weighted by Crippen LogP contribution is 2.26. The van der Waals surface area contributed by atoms with E-state index >= 15 is 0 Å². The van der Waals surface area contributed by atoms with Gasteiger partial charge in [-0.25, -0.2) is 13.9 Å². The molecule has 4 nitrogen and oxygen atoms in total. The normalized spacial score (nSPS) is 11.1. The van der Waals surface area contributed by atoms with Crippen LogP contribution in [0.25, 0.3) is 15.5 Å². The molecule has 3 rings (SSSR count). The minimum absolute atomic E-state index is 0.273. The van der Waals surface area contributed by atoms with E-state index in [1.807, 2.05) is 6.07 Å². The lowest BCUT2D eigenvalue weighted by atomic mass is 10.2. The van der Waals surface area contributed by atoms with Gasteiger partial charge >= 0.3 is 0 Å². The zero-order valence-corrected chi connectivity index (χ0v) is 8.91. The van der Waals surface area contributed by atoms with E-state index in [9.17, 15) is 4.39 Å². The number of rotatable bonds is 1. The van der Waals surface area contributed by atoms with Gasteiger partial charge in [-0.15, -0.1) is 0 Å². The highest BCUT2D eigenvalue weighted by molar-refractivity contribution is 7.19. The number of imidazole rings is 1. The largest absolute Gasteiger partial charge is 0.382 e. The van der Waals surface area contributed by atoms with Gasteiger partial charge in [0.25, 0.3) is 0 Å². The van der Waals surface area contributed by atoms with E-state index < -0.39 is 0 Å². The summed E-state index contributed by atoms with van der Waals surface area (Å²) >= 11 is 1.37. The molecular formula is C10H7FN4S. The Morgan fingerprint density at radius 1 is 1.38 bits per heavy atom. The zero-order valence-electron chi connectivity index (χ0n) is 8.09. The third-order valence-electron chi connectivity index (χ3n) is 2.13. The highest BCUT2D eigenvalue weighted by atomic mass is 32.1. The van der Waals surface area contributed by atoms with Gasteiger partial charge in [0.15, 0.2) is 0 Å². The summed E-state index contributed by atoms with van der Waals surface area (Å²) in [5.41, 5.74) is 6.27. The lowest BCUT2D eigenvalue weighted by Gasteiger charge is -1.94. The van der Waals surface area contributed by atoms with Crippen LogP contribution in [-0.2, 0) is 0 Å². The summed E-state index contributed by atoms with van der Waals surface area (Å²) in [7, 11) is 0. The minimum atomic E-state index is -0.273. The summed E-state index contributed by atoms with van der Waals surface area (Å²) in [5.74, 6) is 0.161. The Labute approximate surface area is 94.2 Å². The molecule has 3 aromatic rings. The molecule has 0 aliphatic heterocycles. The number of nitrogens with two attached hydrogens (primary N) is 1. The van der Waals surface area contributed by atoms with Crippen LogP contribution in [0.4, 0.5) is 10.2 Å². The number of nitrogen functional groups attached to an aromatic ring is 1. The SMILES string of the molecule is Nc1cn2nc(-c3cccc(F)c3)sc2n1. The maximum atomic E-state index is 13.0. The summed E-state index contributed by atoms with van der Waals surface area (Å²) in [6, 6.07) is 6.32. The van der Waals surface area contributed by atoms with Crippen LogP contribution in [-0.4, -0.2) is 14.6 Å². The van der Waals surface area contributed by atoms with Crippen LogP contribution in [0.5, 0.6) is 0 Å². The number of halogens is 1. The number of hydrogen-bond donors (Lipinski definition) is 1. The molecule has 0 spiro atoms. The van der Waals surface area contributed by atoms with Crippen LogP contribution in [0.2, 0.25) is 0 Å². The van der Waals surface area contributed by atoms with Gasteiger partial charge in [0.05, 0.1) is 6.20 Å². The van der Waals surface area contributed by atoms with Crippen molar-refractivity contribution in [3.05, 3.63) is 36.3 Å². The van der Waals surface area contributed by atoms with Crippen molar-refractivity contribution < 1.29 is 4.39 Å². The second-order valence-corrected chi connectivity index (χ2v) is 4.27. The second-order valence-electron chi connectivity index (χ2n) is 3.31. The van der Waals surface area contributed by atoms with Crippen molar-refractivity contribution in [1.29, 1.82) is 0 Å². The van der Waals surface area contributed by atoms with Crippen molar-refractivity contribution >= 4 is 22.1 Å². The first-order valence-electron chi connectivity index (χ1n) is 4.60. The Morgan fingerprint density at radius 2 is 2.25 bits per heavy atom. The van der Waals surface area contributed by atoms with Crippen LogP contribution >= 0.6 is 11.3 Å². The van der Waals surface area contributed by atoms with E-state index in [0.29, 0.717) is 10.8 Å². The average Bonchev–Trinajstić information content (AvgIpc) is 2.74. The molecule has 0 aliphatic rings. The Balaban J connectivity index is 2.15. The van der Waals surface area contributed by atoms with E-state index in [1.165, 1.54) is 23.5 Å². The standard InChI is InChI=1S/C10H7FN4S/c11-7-3-1-2-6(4-7)9-14-15-5-8(12)13-10(15)16-9/h1-5H,12H2. The first kappa shape index (κ1) is 9.29. The predicted octanol–water partition coefficient (Wildman–Crippen LogP) is 2.18. The van der Waals surface area contributed by atoms with Crippen molar-refractivity contribution in [3.63, 3.8) is 0 Å². The van der Waals surface area contributed by atoms with Crippen LogP contribution < -0.4 is 5.73 Å². The molecule has 0 fully saturated rings. The van der Waals surface area contributed by atoms with Gasteiger partial charge in [-0.3, -0.25) is 0 Å². The van der Waals surface area contributed by atoms with Crippen LogP contribution in [0.3, 0.4) is 0 Å². The lowest BCUT2D eigenvalue weighted by molar-refractivity contribution is 0.628. The number of nitrogens with zero attached hydrogens (tertiary/aromatic N) is 3. The van der Waals surface area contributed by atoms with Crippen molar-refractivity contribution in [2.45, 2.75) is 0 Å². The fourth-order valence-corrected chi connectivity index (χ4v) is 2.34. The van der Waals surface area contributed by atoms with E-state index in [0.717, 1.165) is 10.6 Å². The van der Waals surface area contributed by atoms with Gasteiger partial charge in [0, 0.05) is 5.56 Å². The molecule has 0 amide bonds. The molecule has 0 unspecified atom stereocenters. The maximum Gasteiger partial charge on any atom is 0.214 e. The summed E-state index contributed by atoms with van der Waals surface area (Å²) in [5, 5.41) is 5.00. The number of fused-ring (bicyclic) bond motifs is 1. The highest BCUT2D eigenvalue weighted by Gasteiger charge is 2.08. The lowest BCUT2D eigenvalue weighted by Crippen LogP contribution is -1.84. The van der Waals surface area contributed by atoms with Gasteiger partial charge in [0.1, 0.15) is 16.6 Å². The van der Waals surface area contributed by atoms with Crippen LogP contribution in [0.1, 0.15) is 0 Å². The van der Waals surface area contributed by atoms with E-state index in [-0.39, 0.29) is 5.82 Å². The molecule has 2 aromatic heterocycles. The van der Waals surface area contributed by atoms with Crippen LogP contribution in [0, 0.1) is 5.82 Å². The maximum absolute atomic E-state index is 13.0. The first-order valence-corrected chi connectivity index (χ1v) is 5.42. The average molecular weight is 234 g/mol. The van der Waals surface area contributed by atoms with Gasteiger partial charge in [-0.1, -0.05) is 23.5 Å². The minimum Gasteiger partial charge on any atom is -0.382 e. The molecule has 2 N–H and O–H groups in total. The van der Waals surface area contributed by atoms with E-state index in [4.69, 9.17) is 5.73 Å². The Bertz CT molecular complexity index is 626. The molecule has 0 atom stereocenters. The smallest absolute Gasteiger partial charge is 0.214 e.